The maximum Gasteiger partial charge on any atom is 0.0167 e. The van der Waals surface area contributed by atoms with Crippen LogP contribution in [-0.4, -0.2) is 0 Å². The molecule has 4 bridgehead atoms. The fourth-order valence-electron chi connectivity index (χ4n) is 3.67. The van der Waals surface area contributed by atoms with Gasteiger partial charge in [-0.05, 0) is 24.7 Å². The zero-order chi connectivity index (χ0) is 9.12. The summed E-state index contributed by atoms with van der Waals surface area (Å²) in [5.74, 6) is 2.84. The Bertz CT molecular complexity index is 353. The van der Waals surface area contributed by atoms with E-state index in [1.54, 1.807) is 11.1 Å². The van der Waals surface area contributed by atoms with Gasteiger partial charge in [0.05, 0.1) is 0 Å². The second-order valence-electron chi connectivity index (χ2n) is 4.91. The van der Waals surface area contributed by atoms with Crippen LogP contribution in [-0.2, 0) is 0 Å². The van der Waals surface area contributed by atoms with Crippen molar-refractivity contribution < 1.29 is 0 Å². The van der Waals surface area contributed by atoms with Crippen LogP contribution in [0, 0.1) is 23.7 Å². The molecule has 6 rings (SSSR count). The van der Waals surface area contributed by atoms with Crippen LogP contribution in [0.1, 0.15) is 12.8 Å². The Hall–Kier alpha value is -1.04. The zero-order valence-corrected chi connectivity index (χ0v) is 8.19. The summed E-state index contributed by atoms with van der Waals surface area (Å²) in [6.07, 6.45) is 17.3. The molecule has 0 heteroatoms. The average Bonchev–Trinajstić information content (AvgIpc) is 2.32. The molecule has 70 valence electrons. The molecule has 0 spiro atoms. The van der Waals surface area contributed by atoms with E-state index < -0.39 is 0 Å². The van der Waals surface area contributed by atoms with Gasteiger partial charge in [0.2, 0.25) is 0 Å². The van der Waals surface area contributed by atoms with Gasteiger partial charge in [0.25, 0.3) is 0 Å². The Morgan fingerprint density at radius 2 is 1.07 bits per heavy atom. The van der Waals surface area contributed by atoms with Crippen molar-refractivity contribution in [1.82, 2.24) is 0 Å². The molecule has 0 nitrogen and oxygen atoms in total. The van der Waals surface area contributed by atoms with Crippen molar-refractivity contribution in [3.8, 4) is 0 Å². The highest BCUT2D eigenvalue weighted by atomic mass is 14.4. The lowest BCUT2D eigenvalue weighted by Crippen LogP contribution is -2.32. The Morgan fingerprint density at radius 1 is 0.643 bits per heavy atom. The fraction of sp³-hybridized carbons (Fsp3) is 0.429. The molecule has 0 N–H and O–H groups in total. The highest BCUT2D eigenvalue weighted by Gasteiger charge is 2.39. The second kappa shape index (κ2) is 2.31. The van der Waals surface area contributed by atoms with E-state index in [9.17, 15) is 0 Å². The summed E-state index contributed by atoms with van der Waals surface area (Å²) in [4.78, 5) is 0. The van der Waals surface area contributed by atoms with E-state index in [2.05, 4.69) is 36.5 Å². The minimum atomic E-state index is 0.646. The smallest absolute Gasteiger partial charge is 0.0167 e. The highest BCUT2D eigenvalue weighted by Crippen LogP contribution is 2.51. The topological polar surface area (TPSA) is 0 Å². The number of rotatable bonds is 0. The molecule has 6 aliphatic carbocycles. The first-order valence-corrected chi connectivity index (χ1v) is 5.72. The van der Waals surface area contributed by atoms with E-state index in [0.29, 0.717) is 11.8 Å². The van der Waals surface area contributed by atoms with E-state index in [1.165, 1.54) is 12.8 Å². The van der Waals surface area contributed by atoms with Crippen molar-refractivity contribution in [2.45, 2.75) is 12.8 Å². The van der Waals surface area contributed by atoms with Gasteiger partial charge in [-0.15, -0.1) is 0 Å². The molecule has 0 saturated carbocycles. The molecule has 0 radical (unpaired) electrons. The van der Waals surface area contributed by atoms with E-state index in [4.69, 9.17) is 0 Å². The second-order valence-corrected chi connectivity index (χ2v) is 4.91. The summed E-state index contributed by atoms with van der Waals surface area (Å²) >= 11 is 0. The van der Waals surface area contributed by atoms with Crippen LogP contribution in [0.4, 0.5) is 0 Å². The van der Waals surface area contributed by atoms with Crippen molar-refractivity contribution in [2.75, 3.05) is 0 Å². The minimum absolute atomic E-state index is 0.646. The summed E-state index contributed by atoms with van der Waals surface area (Å²) in [7, 11) is 0. The summed E-state index contributed by atoms with van der Waals surface area (Å²) < 4.78 is 0. The molecule has 0 unspecified atom stereocenters. The van der Waals surface area contributed by atoms with Gasteiger partial charge in [0.1, 0.15) is 0 Å². The lowest BCUT2D eigenvalue weighted by atomic mass is 9.60. The van der Waals surface area contributed by atoms with Crippen LogP contribution in [0.2, 0.25) is 0 Å². The summed E-state index contributed by atoms with van der Waals surface area (Å²) in [6.45, 7) is 0. The van der Waals surface area contributed by atoms with Crippen molar-refractivity contribution in [3.63, 3.8) is 0 Å². The van der Waals surface area contributed by atoms with Crippen molar-refractivity contribution in [3.05, 3.63) is 47.6 Å². The van der Waals surface area contributed by atoms with Gasteiger partial charge < -0.3 is 0 Å². The summed E-state index contributed by atoms with van der Waals surface area (Å²) in [5, 5.41) is 0. The Morgan fingerprint density at radius 3 is 1.43 bits per heavy atom. The van der Waals surface area contributed by atoms with E-state index in [0.717, 1.165) is 11.8 Å². The van der Waals surface area contributed by atoms with E-state index >= 15 is 0 Å². The lowest BCUT2D eigenvalue weighted by molar-refractivity contribution is 0.428. The van der Waals surface area contributed by atoms with Crippen molar-refractivity contribution in [2.24, 2.45) is 23.7 Å². The molecule has 0 aliphatic heterocycles. The van der Waals surface area contributed by atoms with Crippen LogP contribution in [0.5, 0.6) is 0 Å². The molecule has 14 heavy (non-hydrogen) atoms. The third-order valence-electron chi connectivity index (χ3n) is 4.27. The molecule has 0 aromatic rings. The predicted octanol–water partition coefficient (Wildman–Crippen LogP) is 3.25. The molecule has 2 atom stereocenters. The average molecular weight is 182 g/mol. The number of fused-ring (bicyclic) bond motifs is 1. The third kappa shape index (κ3) is 0.716. The maximum atomic E-state index is 2.45. The monoisotopic (exact) mass is 182 g/mol. The first-order valence-electron chi connectivity index (χ1n) is 5.72. The molecule has 0 saturated heterocycles. The molecule has 0 heterocycles. The number of hydrogen-bond donors (Lipinski definition) is 0. The van der Waals surface area contributed by atoms with Gasteiger partial charge in [0, 0.05) is 11.8 Å². The largest absolute Gasteiger partial charge is 0.0807 e. The molecule has 6 aliphatic rings. The van der Waals surface area contributed by atoms with Crippen molar-refractivity contribution in [1.29, 1.82) is 0 Å². The normalized spacial score (nSPS) is 46.3. The summed E-state index contributed by atoms with van der Waals surface area (Å²) in [6, 6.07) is 0. The predicted molar refractivity (Wildman–Crippen MR) is 57.6 cm³/mol. The Balaban J connectivity index is 1.92. The number of hydrogen-bond acceptors (Lipinski definition) is 0. The molecule has 0 aromatic heterocycles. The fourth-order valence-corrected chi connectivity index (χ4v) is 3.67. The van der Waals surface area contributed by atoms with Gasteiger partial charge in [-0.2, -0.15) is 0 Å². The Kier molecular flexibility index (Phi) is 1.20. The standard InChI is InChI=1S/C14H14/c1-2-10-4-3-9(1)13-11-5-7-12(8-6-11)14(10)13/h1-5,7,9-12H,6,8H2/t9?,10?,11-,12+. The Labute approximate surface area is 84.7 Å². The molecular formula is C14H14. The summed E-state index contributed by atoms with van der Waals surface area (Å²) in [5.41, 5.74) is 3.53. The maximum absolute atomic E-state index is 2.45. The van der Waals surface area contributed by atoms with E-state index in [-0.39, 0.29) is 0 Å². The SMILES string of the molecule is C1=CC2C=CC1C1=C2[C@H]2C=C[C@@H]1CC2. The van der Waals surface area contributed by atoms with Crippen molar-refractivity contribution >= 4 is 0 Å². The highest BCUT2D eigenvalue weighted by molar-refractivity contribution is 5.49. The van der Waals surface area contributed by atoms with Gasteiger partial charge in [-0.3, -0.25) is 0 Å². The van der Waals surface area contributed by atoms with Gasteiger partial charge in [-0.1, -0.05) is 47.6 Å². The quantitative estimate of drug-likeness (QED) is 0.504. The van der Waals surface area contributed by atoms with Crippen LogP contribution < -0.4 is 0 Å². The first kappa shape index (κ1) is 7.28. The number of allylic oxidation sites excluding steroid dienone is 8. The molecule has 0 amide bonds. The van der Waals surface area contributed by atoms with Gasteiger partial charge >= 0.3 is 0 Å². The minimum Gasteiger partial charge on any atom is -0.0807 e. The lowest BCUT2D eigenvalue weighted by Gasteiger charge is -2.44. The van der Waals surface area contributed by atoms with E-state index in [1.807, 2.05) is 0 Å². The zero-order valence-electron chi connectivity index (χ0n) is 8.19. The molecule has 0 fully saturated rings. The van der Waals surface area contributed by atoms with Crippen LogP contribution >= 0.6 is 0 Å². The van der Waals surface area contributed by atoms with Crippen LogP contribution in [0.3, 0.4) is 0 Å². The van der Waals surface area contributed by atoms with Gasteiger partial charge in [-0.25, -0.2) is 0 Å². The van der Waals surface area contributed by atoms with Crippen LogP contribution in [0.25, 0.3) is 0 Å². The van der Waals surface area contributed by atoms with Gasteiger partial charge in [0.15, 0.2) is 0 Å². The molecular weight excluding hydrogens is 168 g/mol. The third-order valence-corrected chi connectivity index (χ3v) is 4.27. The molecule has 0 aromatic carbocycles. The first-order chi connectivity index (χ1) is 6.93. The van der Waals surface area contributed by atoms with Crippen LogP contribution in [0.15, 0.2) is 47.6 Å².